The Bertz CT molecular complexity index is 4560. The van der Waals surface area contributed by atoms with E-state index in [-0.39, 0.29) is 209 Å². The summed E-state index contributed by atoms with van der Waals surface area (Å²) < 4.78 is 50.9. The highest BCUT2D eigenvalue weighted by atomic mass is 16.6. The minimum absolute atomic E-state index is 0.0514. The highest BCUT2D eigenvalue weighted by Gasteiger charge is 2.48. The first-order valence-corrected chi connectivity index (χ1v) is 34.4. The quantitative estimate of drug-likeness (QED) is 0.0190. The van der Waals surface area contributed by atoms with Gasteiger partial charge in [0, 0.05) is 69.3 Å². The van der Waals surface area contributed by atoms with Crippen molar-refractivity contribution in [2.24, 2.45) is 11.8 Å². The van der Waals surface area contributed by atoms with Gasteiger partial charge in [-0.15, -0.1) is 0 Å². The van der Waals surface area contributed by atoms with Crippen molar-refractivity contribution in [1.82, 2.24) is 19.6 Å². The average Bonchev–Trinajstić information content (AvgIpc) is 1.26. The highest BCUT2D eigenvalue weighted by Crippen LogP contribution is 2.58. The molecule has 6 unspecified atom stereocenters. The van der Waals surface area contributed by atoms with Crippen LogP contribution >= 0.6 is 0 Å². The van der Waals surface area contributed by atoms with Gasteiger partial charge >= 0.3 is 0 Å². The Morgan fingerprint density at radius 2 is 0.647 bits per heavy atom. The van der Waals surface area contributed by atoms with Crippen LogP contribution in [0.3, 0.4) is 0 Å². The third kappa shape index (κ3) is 13.0. The number of carbonyl (C=O) groups is 6. The number of hydrogen-bond acceptors (Lipinski definition) is 18. The fraction of sp³-hybridized carbons (Fsp3) is 0.325. The third-order valence-corrected chi connectivity index (χ3v) is 19.4. The standard InChI is InChI=1S/C80H68N8O14/c1-43(2)25-61(79(93)85(21-17-53-39-95-53)22-18-54-40-96-54)87-75(89)57-31-63(99-49-13-5-9-45(27-49)35-81)69-71-65(101-51-15-7-11-47(29-51)37-83)33-59-68-60(78(92)88(77(59)91)62(26-44(3)4)80(94)86(23-19-55-41-97-55)24-20-56-42-98-56)34-66(102-52-16-8-12-48(30-52)38-84)72(74(68)71)70-64(32-58(76(87)90)67(57)73(69)70)100-50-14-6-10-46(28-50)36-82/h5-16,27-34,43-44,53-56,61-62H,17-26,39-42H2,1-4H3. The Balaban J connectivity index is 1.06. The molecule has 0 spiro atoms. The summed E-state index contributed by atoms with van der Waals surface area (Å²) >= 11 is 0. The zero-order chi connectivity index (χ0) is 70.8. The number of hydrogen-bond donors (Lipinski definition) is 0. The summed E-state index contributed by atoms with van der Waals surface area (Å²) in [6, 6.07) is 37.1. The van der Waals surface area contributed by atoms with Gasteiger partial charge in [-0.05, 0) is 147 Å². The smallest absolute Gasteiger partial charge is 0.262 e. The van der Waals surface area contributed by atoms with Gasteiger partial charge in [-0.25, -0.2) is 0 Å². The van der Waals surface area contributed by atoms with E-state index in [1.807, 2.05) is 27.7 Å². The van der Waals surface area contributed by atoms with Crippen molar-refractivity contribution in [1.29, 1.82) is 21.0 Å². The third-order valence-electron chi connectivity index (χ3n) is 19.4. The predicted molar refractivity (Wildman–Crippen MR) is 371 cm³/mol. The highest BCUT2D eigenvalue weighted by molar-refractivity contribution is 6.45. The second kappa shape index (κ2) is 27.2. The maximum Gasteiger partial charge on any atom is 0.262 e. The Kier molecular flexibility index (Phi) is 17.7. The molecule has 0 bridgehead atoms. The summed E-state index contributed by atoms with van der Waals surface area (Å²) in [4.78, 5) is 103. The number of epoxide rings is 4. The molecule has 6 aliphatic heterocycles. The zero-order valence-corrected chi connectivity index (χ0v) is 56.4. The normalized spacial score (nSPS) is 18.3. The molecule has 6 aliphatic rings. The number of fused-ring (bicyclic) bond motifs is 2. The van der Waals surface area contributed by atoms with E-state index in [1.54, 1.807) is 82.6 Å². The van der Waals surface area contributed by atoms with Crippen LogP contribution in [0.1, 0.15) is 130 Å². The molecule has 6 amide bonds. The lowest BCUT2D eigenvalue weighted by Gasteiger charge is -2.38. The molecule has 0 aromatic heterocycles. The van der Waals surface area contributed by atoms with Crippen molar-refractivity contribution in [2.75, 3.05) is 52.6 Å². The van der Waals surface area contributed by atoms with Gasteiger partial charge < -0.3 is 47.7 Å². The minimum Gasteiger partial charge on any atom is -0.457 e. The largest absolute Gasteiger partial charge is 0.457 e. The second-order valence-electron chi connectivity index (χ2n) is 27.5. The lowest BCUT2D eigenvalue weighted by molar-refractivity contribution is -0.137. The van der Waals surface area contributed by atoms with E-state index in [0.29, 0.717) is 52.1 Å². The number of nitrogens with zero attached hydrogens (tertiary/aromatic N) is 8. The van der Waals surface area contributed by atoms with E-state index >= 15 is 28.8 Å². The summed E-state index contributed by atoms with van der Waals surface area (Å²) in [5.74, 6) is -4.65. The Morgan fingerprint density at radius 3 is 0.863 bits per heavy atom. The molecule has 0 radical (unpaired) electrons. The van der Waals surface area contributed by atoms with Crippen LogP contribution < -0.4 is 18.9 Å². The number of rotatable bonds is 28. The molecule has 9 aromatic carbocycles. The zero-order valence-electron chi connectivity index (χ0n) is 56.4. The van der Waals surface area contributed by atoms with Crippen LogP contribution in [0.2, 0.25) is 0 Å². The summed E-state index contributed by atoms with van der Waals surface area (Å²) in [6.45, 7) is 10.9. The second-order valence-corrected chi connectivity index (χ2v) is 27.5. The molecular weight excluding hydrogens is 1300 g/mol. The van der Waals surface area contributed by atoms with Crippen LogP contribution in [-0.2, 0) is 28.5 Å². The Morgan fingerprint density at radius 1 is 0.402 bits per heavy atom. The van der Waals surface area contributed by atoms with Crippen LogP contribution in [0.4, 0.5) is 0 Å². The van der Waals surface area contributed by atoms with Crippen molar-refractivity contribution in [3.63, 3.8) is 0 Å². The average molecular weight is 1370 g/mol. The molecule has 15 rings (SSSR count). The van der Waals surface area contributed by atoms with E-state index in [2.05, 4.69) is 24.3 Å². The van der Waals surface area contributed by atoms with Gasteiger partial charge in [-0.2, -0.15) is 21.0 Å². The van der Waals surface area contributed by atoms with Gasteiger partial charge in [0.25, 0.3) is 23.6 Å². The van der Waals surface area contributed by atoms with Crippen molar-refractivity contribution in [3.05, 3.63) is 166 Å². The van der Waals surface area contributed by atoms with E-state index in [1.165, 1.54) is 48.5 Å². The van der Waals surface area contributed by atoms with Gasteiger partial charge in [0.15, 0.2) is 0 Å². The molecule has 6 atom stereocenters. The lowest BCUT2D eigenvalue weighted by atomic mass is 9.80. The molecule has 102 heavy (non-hydrogen) atoms. The SMILES string of the molecule is CC(C)CC(C(=O)N(CCC1CO1)CCC1CO1)N1C(=O)c2cc(Oc3cccc(C#N)c3)c3c4c(Oc5cccc(C#N)c5)cc5c6c(cc(Oc7cccc(C#N)c7)c(c7c(Oc8cccc(C#N)c8)cc(c2c37)C1=O)c64)C(=O)N(C(CC(C)C)C(=O)N(CCC1CO1)CCC1CO1)C5=O. The number of imide groups is 2. The summed E-state index contributed by atoms with van der Waals surface area (Å²) in [5, 5.41) is 42.4. The summed E-state index contributed by atoms with van der Waals surface area (Å²) in [7, 11) is 0. The van der Waals surface area contributed by atoms with E-state index in [4.69, 9.17) is 37.9 Å². The number of amides is 6. The fourth-order valence-corrected chi connectivity index (χ4v) is 14.2. The van der Waals surface area contributed by atoms with Crippen molar-refractivity contribution in [3.8, 4) is 70.3 Å². The van der Waals surface area contributed by atoms with Crippen LogP contribution in [-0.4, -0.2) is 144 Å². The van der Waals surface area contributed by atoms with Gasteiger partial charge in [0.05, 0.1) is 120 Å². The van der Waals surface area contributed by atoms with Crippen LogP contribution in [0.25, 0.3) is 43.1 Å². The predicted octanol–water partition coefficient (Wildman–Crippen LogP) is 13.2. The molecule has 4 fully saturated rings. The molecule has 22 nitrogen and oxygen atoms in total. The van der Waals surface area contributed by atoms with E-state index in [9.17, 15) is 21.0 Å². The van der Waals surface area contributed by atoms with Gasteiger partial charge in [-0.1, -0.05) is 52.0 Å². The molecule has 4 saturated heterocycles. The Labute approximate surface area is 586 Å². The maximum atomic E-state index is 16.5. The molecule has 512 valence electrons. The van der Waals surface area contributed by atoms with E-state index < -0.39 is 47.5 Å². The molecule has 0 N–H and O–H groups in total. The number of ether oxygens (including phenoxy) is 8. The van der Waals surface area contributed by atoms with Crippen LogP contribution in [0.15, 0.2) is 121 Å². The van der Waals surface area contributed by atoms with E-state index in [0.717, 1.165) is 9.80 Å². The number of benzene rings is 9. The summed E-state index contributed by atoms with van der Waals surface area (Å²) in [6.07, 6.45) is 2.01. The number of nitriles is 4. The monoisotopic (exact) mass is 1360 g/mol. The molecular formula is C80H68N8O14. The molecule has 6 heterocycles. The Hall–Kier alpha value is -11.5. The molecule has 0 aliphatic carbocycles. The van der Waals surface area contributed by atoms with Crippen LogP contribution in [0.5, 0.6) is 46.0 Å². The van der Waals surface area contributed by atoms with Crippen LogP contribution in [0, 0.1) is 57.2 Å². The minimum atomic E-state index is -1.36. The van der Waals surface area contributed by atoms with Crippen molar-refractivity contribution < 1.29 is 66.7 Å². The first-order chi connectivity index (χ1) is 49.5. The number of carbonyl (C=O) groups excluding carboxylic acids is 6. The molecule has 0 saturated carbocycles. The van der Waals surface area contributed by atoms with Gasteiger partial charge in [0.1, 0.15) is 58.1 Å². The maximum absolute atomic E-state index is 16.5. The summed E-state index contributed by atoms with van der Waals surface area (Å²) in [5.41, 5.74) is 0.457. The first-order valence-electron chi connectivity index (χ1n) is 34.4. The lowest BCUT2D eigenvalue weighted by Crippen LogP contribution is -2.55. The first kappa shape index (κ1) is 66.4. The van der Waals surface area contributed by atoms with Crippen molar-refractivity contribution >= 4 is 78.5 Å². The van der Waals surface area contributed by atoms with Gasteiger partial charge in [-0.3, -0.25) is 38.6 Å². The molecule has 9 aromatic rings. The molecule has 22 heteroatoms. The topological polar surface area (TPSA) is 298 Å². The fourth-order valence-electron chi connectivity index (χ4n) is 14.2. The van der Waals surface area contributed by atoms with Crippen molar-refractivity contribution in [2.45, 2.75) is 103 Å². The van der Waals surface area contributed by atoms with Gasteiger partial charge in [0.2, 0.25) is 11.8 Å².